The Morgan fingerprint density at radius 2 is 2.12 bits per heavy atom. The molecule has 4 heteroatoms. The van der Waals surface area contributed by atoms with Gasteiger partial charge in [-0.15, -0.1) is 11.3 Å². The van der Waals surface area contributed by atoms with Crippen LogP contribution in [-0.4, -0.2) is 42.8 Å². The van der Waals surface area contributed by atoms with Crippen molar-refractivity contribution in [3.63, 3.8) is 0 Å². The number of likely N-dealkylation sites (N-methyl/N-ethyl adjacent to an activating group) is 1. The Kier molecular flexibility index (Phi) is 6.73. The molecule has 3 nitrogen and oxygen atoms in total. The van der Waals surface area contributed by atoms with Gasteiger partial charge < -0.3 is 15.3 Å². The molecular formula is C13H24N2OS. The predicted octanol–water partition coefficient (Wildman–Crippen LogP) is 2.02. The smallest absolute Gasteiger partial charge is 0.0652 e. The van der Waals surface area contributed by atoms with Gasteiger partial charge in [0.15, 0.2) is 0 Å². The lowest BCUT2D eigenvalue weighted by Gasteiger charge is -2.21. The third-order valence-electron chi connectivity index (χ3n) is 3.11. The summed E-state index contributed by atoms with van der Waals surface area (Å²) in [6.45, 7) is 10.7. The Bertz CT molecular complexity index is 310. The van der Waals surface area contributed by atoms with E-state index in [9.17, 15) is 5.11 Å². The highest BCUT2D eigenvalue weighted by Gasteiger charge is 2.13. The van der Waals surface area contributed by atoms with Gasteiger partial charge in [0.05, 0.1) is 12.6 Å². The molecule has 1 unspecified atom stereocenters. The zero-order chi connectivity index (χ0) is 12.7. The van der Waals surface area contributed by atoms with E-state index in [2.05, 4.69) is 42.4 Å². The summed E-state index contributed by atoms with van der Waals surface area (Å²) in [4.78, 5) is 3.63. The van der Waals surface area contributed by atoms with E-state index in [1.54, 1.807) is 11.3 Å². The minimum atomic E-state index is 0.0885. The third-order valence-corrected chi connectivity index (χ3v) is 4.25. The van der Waals surface area contributed by atoms with Crippen molar-refractivity contribution in [2.24, 2.45) is 0 Å². The van der Waals surface area contributed by atoms with Crippen LogP contribution < -0.4 is 5.32 Å². The van der Waals surface area contributed by atoms with Crippen LogP contribution in [0.1, 0.15) is 30.3 Å². The lowest BCUT2D eigenvalue weighted by Crippen LogP contribution is -2.34. The minimum Gasteiger partial charge on any atom is -0.394 e. The highest BCUT2D eigenvalue weighted by Crippen LogP contribution is 2.23. The van der Waals surface area contributed by atoms with E-state index in [1.165, 1.54) is 10.4 Å². The molecule has 1 aromatic heterocycles. The molecule has 0 fully saturated rings. The molecule has 0 aliphatic carbocycles. The Morgan fingerprint density at radius 3 is 2.59 bits per heavy atom. The summed E-state index contributed by atoms with van der Waals surface area (Å²) in [7, 11) is 0. The van der Waals surface area contributed by atoms with Crippen LogP contribution in [0.4, 0.5) is 0 Å². The second-order valence-electron chi connectivity index (χ2n) is 4.18. The van der Waals surface area contributed by atoms with Crippen molar-refractivity contribution < 1.29 is 5.11 Å². The zero-order valence-electron chi connectivity index (χ0n) is 11.1. The number of aliphatic hydroxyl groups is 1. The summed E-state index contributed by atoms with van der Waals surface area (Å²) in [6, 6.07) is 2.19. The van der Waals surface area contributed by atoms with Crippen LogP contribution >= 0.6 is 11.3 Å². The lowest BCUT2D eigenvalue weighted by atomic mass is 10.2. The number of aliphatic hydroxyl groups excluding tert-OH is 1. The molecule has 0 amide bonds. The van der Waals surface area contributed by atoms with Crippen molar-refractivity contribution in [3.05, 3.63) is 21.9 Å². The maximum atomic E-state index is 9.43. The van der Waals surface area contributed by atoms with E-state index in [4.69, 9.17) is 0 Å². The van der Waals surface area contributed by atoms with Crippen LogP contribution in [0.25, 0.3) is 0 Å². The molecule has 0 saturated heterocycles. The van der Waals surface area contributed by atoms with E-state index in [0.29, 0.717) is 0 Å². The monoisotopic (exact) mass is 256 g/mol. The van der Waals surface area contributed by atoms with Gasteiger partial charge in [-0.3, -0.25) is 0 Å². The van der Waals surface area contributed by atoms with Gasteiger partial charge in [-0.05, 0) is 37.0 Å². The van der Waals surface area contributed by atoms with Crippen molar-refractivity contribution in [1.82, 2.24) is 10.2 Å². The normalized spacial score (nSPS) is 13.2. The number of thiophene rings is 1. The van der Waals surface area contributed by atoms with Gasteiger partial charge >= 0.3 is 0 Å². The van der Waals surface area contributed by atoms with Crippen molar-refractivity contribution in [3.8, 4) is 0 Å². The number of aryl methyl sites for hydroxylation is 1. The zero-order valence-corrected chi connectivity index (χ0v) is 11.9. The fourth-order valence-corrected chi connectivity index (χ4v) is 2.91. The average molecular weight is 256 g/mol. The SMILES string of the molecule is CCN(CC)CCNC(CO)c1sccc1C. The van der Waals surface area contributed by atoms with Crippen molar-refractivity contribution in [2.45, 2.75) is 26.8 Å². The molecule has 0 aliphatic rings. The summed E-state index contributed by atoms with van der Waals surface area (Å²) in [5, 5.41) is 14.9. The van der Waals surface area contributed by atoms with Gasteiger partial charge in [-0.2, -0.15) is 0 Å². The number of hydrogen-bond acceptors (Lipinski definition) is 4. The lowest BCUT2D eigenvalue weighted by molar-refractivity contribution is 0.235. The molecule has 0 saturated carbocycles. The Hall–Kier alpha value is -0.420. The molecule has 1 rings (SSSR count). The molecule has 1 aromatic rings. The summed E-state index contributed by atoms with van der Waals surface area (Å²) >= 11 is 1.72. The first-order valence-corrected chi connectivity index (χ1v) is 7.21. The molecule has 0 bridgehead atoms. The van der Waals surface area contributed by atoms with Gasteiger partial charge in [0.25, 0.3) is 0 Å². The van der Waals surface area contributed by atoms with Crippen molar-refractivity contribution in [1.29, 1.82) is 0 Å². The first-order valence-electron chi connectivity index (χ1n) is 6.33. The van der Waals surface area contributed by atoms with Gasteiger partial charge in [0, 0.05) is 18.0 Å². The molecule has 98 valence electrons. The molecule has 1 atom stereocenters. The van der Waals surface area contributed by atoms with Gasteiger partial charge in [-0.1, -0.05) is 13.8 Å². The molecule has 2 N–H and O–H groups in total. The fraction of sp³-hybridized carbons (Fsp3) is 0.692. The first kappa shape index (κ1) is 14.6. The predicted molar refractivity (Wildman–Crippen MR) is 74.7 cm³/mol. The van der Waals surface area contributed by atoms with E-state index < -0.39 is 0 Å². The van der Waals surface area contributed by atoms with Crippen LogP contribution in [0.15, 0.2) is 11.4 Å². The highest BCUT2D eigenvalue weighted by atomic mass is 32.1. The fourth-order valence-electron chi connectivity index (χ4n) is 1.92. The second kappa shape index (κ2) is 7.82. The largest absolute Gasteiger partial charge is 0.394 e. The Labute approximate surface area is 108 Å². The maximum absolute atomic E-state index is 9.43. The molecule has 0 aromatic carbocycles. The van der Waals surface area contributed by atoms with Crippen LogP contribution in [0.2, 0.25) is 0 Å². The van der Waals surface area contributed by atoms with E-state index >= 15 is 0 Å². The first-order chi connectivity index (χ1) is 8.22. The number of nitrogens with zero attached hydrogens (tertiary/aromatic N) is 1. The highest BCUT2D eigenvalue weighted by molar-refractivity contribution is 7.10. The molecular weight excluding hydrogens is 232 g/mol. The third kappa shape index (κ3) is 4.39. The van der Waals surface area contributed by atoms with Crippen LogP contribution in [0.5, 0.6) is 0 Å². The molecule has 1 heterocycles. The summed E-state index contributed by atoms with van der Waals surface area (Å²) in [6.07, 6.45) is 0. The maximum Gasteiger partial charge on any atom is 0.0652 e. The van der Waals surface area contributed by atoms with Crippen LogP contribution in [0, 0.1) is 6.92 Å². The van der Waals surface area contributed by atoms with Gasteiger partial charge in [-0.25, -0.2) is 0 Å². The van der Waals surface area contributed by atoms with Gasteiger partial charge in [0.1, 0.15) is 0 Å². The molecule has 17 heavy (non-hydrogen) atoms. The van der Waals surface area contributed by atoms with Gasteiger partial charge in [0.2, 0.25) is 0 Å². The molecule has 0 aliphatic heterocycles. The van der Waals surface area contributed by atoms with E-state index in [-0.39, 0.29) is 12.6 Å². The Balaban J connectivity index is 2.41. The second-order valence-corrected chi connectivity index (χ2v) is 5.13. The summed E-state index contributed by atoms with van der Waals surface area (Å²) in [5.74, 6) is 0. The quantitative estimate of drug-likeness (QED) is 0.747. The molecule has 0 spiro atoms. The van der Waals surface area contributed by atoms with Crippen molar-refractivity contribution in [2.75, 3.05) is 32.8 Å². The van der Waals surface area contributed by atoms with E-state index in [0.717, 1.165) is 26.2 Å². The van der Waals surface area contributed by atoms with Crippen LogP contribution in [-0.2, 0) is 0 Å². The minimum absolute atomic E-state index is 0.0885. The van der Waals surface area contributed by atoms with Crippen molar-refractivity contribution >= 4 is 11.3 Å². The average Bonchev–Trinajstić information content (AvgIpc) is 2.76. The molecule has 0 radical (unpaired) electrons. The number of rotatable bonds is 8. The summed E-state index contributed by atoms with van der Waals surface area (Å²) in [5.41, 5.74) is 1.27. The summed E-state index contributed by atoms with van der Waals surface area (Å²) < 4.78 is 0. The Morgan fingerprint density at radius 1 is 1.41 bits per heavy atom. The van der Waals surface area contributed by atoms with Crippen LogP contribution in [0.3, 0.4) is 0 Å². The van der Waals surface area contributed by atoms with E-state index in [1.807, 2.05) is 0 Å². The number of nitrogens with one attached hydrogen (secondary N) is 1. The number of hydrogen-bond donors (Lipinski definition) is 2. The topological polar surface area (TPSA) is 35.5 Å². The standard InChI is InChI=1S/C13H24N2OS/c1-4-15(5-2)8-7-14-12(10-16)13-11(3)6-9-17-13/h6,9,12,14,16H,4-5,7-8,10H2,1-3H3.